The summed E-state index contributed by atoms with van der Waals surface area (Å²) < 4.78 is 5.53. The molecular weight excluding hydrogens is 316 g/mol. The summed E-state index contributed by atoms with van der Waals surface area (Å²) in [5.74, 6) is 0.620. The molecule has 2 aromatic heterocycles. The van der Waals surface area contributed by atoms with Gasteiger partial charge in [0.25, 0.3) is 0 Å². The number of pyridine rings is 1. The molecule has 128 valence electrons. The Morgan fingerprint density at radius 2 is 2.00 bits per heavy atom. The fourth-order valence-corrected chi connectivity index (χ4v) is 2.99. The second-order valence-electron chi connectivity index (χ2n) is 6.25. The van der Waals surface area contributed by atoms with Crippen molar-refractivity contribution in [1.29, 1.82) is 0 Å². The highest BCUT2D eigenvalue weighted by atomic mass is 16.4. The zero-order valence-electron chi connectivity index (χ0n) is 14.1. The third kappa shape index (κ3) is 3.34. The molecule has 1 fully saturated rings. The molecule has 6 nitrogen and oxygen atoms in total. The molecule has 6 heteroatoms. The van der Waals surface area contributed by atoms with Crippen LogP contribution in [-0.4, -0.2) is 31.2 Å². The summed E-state index contributed by atoms with van der Waals surface area (Å²) in [6.07, 6.45) is 1.75. The Morgan fingerprint density at radius 3 is 2.76 bits per heavy atom. The lowest BCUT2D eigenvalue weighted by Crippen LogP contribution is -2.43. The van der Waals surface area contributed by atoms with Crippen LogP contribution in [0.3, 0.4) is 0 Å². The Bertz CT molecular complexity index is 944. The molecule has 1 aliphatic heterocycles. The molecule has 2 N–H and O–H groups in total. The third-order valence-electron chi connectivity index (χ3n) is 4.38. The van der Waals surface area contributed by atoms with E-state index >= 15 is 0 Å². The lowest BCUT2D eigenvalue weighted by Gasteiger charge is -2.29. The predicted molar refractivity (Wildman–Crippen MR) is 99.8 cm³/mol. The SMILES string of the molecule is Cc1ccc(Nc2cc3ccc(N4CCNCC4)cc3oc2=O)nc1. The van der Waals surface area contributed by atoms with Crippen LogP contribution >= 0.6 is 0 Å². The van der Waals surface area contributed by atoms with Crippen LogP contribution in [0.2, 0.25) is 0 Å². The highest BCUT2D eigenvalue weighted by Gasteiger charge is 2.12. The van der Waals surface area contributed by atoms with Crippen LogP contribution < -0.4 is 21.2 Å². The van der Waals surface area contributed by atoms with Gasteiger partial charge in [-0.05, 0) is 36.8 Å². The van der Waals surface area contributed by atoms with Gasteiger partial charge in [-0.25, -0.2) is 9.78 Å². The van der Waals surface area contributed by atoms with Gasteiger partial charge in [0.15, 0.2) is 0 Å². The van der Waals surface area contributed by atoms with Gasteiger partial charge in [-0.1, -0.05) is 6.07 Å². The Hall–Kier alpha value is -2.86. The topological polar surface area (TPSA) is 70.4 Å². The molecule has 3 aromatic rings. The van der Waals surface area contributed by atoms with Crippen molar-refractivity contribution in [2.24, 2.45) is 0 Å². The number of rotatable bonds is 3. The van der Waals surface area contributed by atoms with E-state index < -0.39 is 5.63 Å². The number of fused-ring (bicyclic) bond motifs is 1. The van der Waals surface area contributed by atoms with E-state index in [0.29, 0.717) is 17.1 Å². The summed E-state index contributed by atoms with van der Waals surface area (Å²) in [6, 6.07) is 11.6. The second-order valence-corrected chi connectivity index (χ2v) is 6.25. The minimum absolute atomic E-state index is 0.388. The minimum atomic E-state index is -0.396. The first-order chi connectivity index (χ1) is 12.2. The van der Waals surface area contributed by atoms with Gasteiger partial charge in [-0.3, -0.25) is 0 Å². The van der Waals surface area contributed by atoms with Crippen LogP contribution in [0.4, 0.5) is 17.2 Å². The van der Waals surface area contributed by atoms with E-state index in [1.807, 2.05) is 37.3 Å². The standard InChI is InChI=1S/C19H20N4O2/c1-13-2-5-18(21-12-13)22-16-10-14-3-4-15(11-17(14)25-19(16)24)23-8-6-20-7-9-23/h2-5,10-12,20H,6-9H2,1H3,(H,21,22). The van der Waals surface area contributed by atoms with E-state index in [-0.39, 0.29) is 0 Å². The third-order valence-corrected chi connectivity index (χ3v) is 4.38. The van der Waals surface area contributed by atoms with E-state index in [2.05, 4.69) is 26.6 Å². The van der Waals surface area contributed by atoms with E-state index in [1.54, 1.807) is 6.20 Å². The molecule has 1 saturated heterocycles. The van der Waals surface area contributed by atoms with Crippen molar-refractivity contribution in [2.75, 3.05) is 36.4 Å². The molecule has 3 heterocycles. The minimum Gasteiger partial charge on any atom is -0.421 e. The Labute approximate surface area is 145 Å². The number of nitrogens with one attached hydrogen (secondary N) is 2. The van der Waals surface area contributed by atoms with Gasteiger partial charge in [0.2, 0.25) is 0 Å². The molecule has 4 rings (SSSR count). The molecular formula is C19H20N4O2. The average Bonchev–Trinajstić information content (AvgIpc) is 2.64. The molecule has 0 aliphatic carbocycles. The maximum Gasteiger partial charge on any atom is 0.360 e. The molecule has 0 radical (unpaired) electrons. The van der Waals surface area contributed by atoms with Crippen LogP contribution in [0, 0.1) is 6.92 Å². The summed E-state index contributed by atoms with van der Waals surface area (Å²) in [6.45, 7) is 5.81. The first-order valence-corrected chi connectivity index (χ1v) is 8.42. The summed E-state index contributed by atoms with van der Waals surface area (Å²) in [7, 11) is 0. The molecule has 0 atom stereocenters. The second kappa shape index (κ2) is 6.57. The normalized spacial score (nSPS) is 14.7. The van der Waals surface area contributed by atoms with E-state index in [1.165, 1.54) is 0 Å². The molecule has 1 aliphatic rings. The molecule has 1 aromatic carbocycles. The smallest absolute Gasteiger partial charge is 0.360 e. The summed E-state index contributed by atoms with van der Waals surface area (Å²) in [4.78, 5) is 18.9. The summed E-state index contributed by atoms with van der Waals surface area (Å²) >= 11 is 0. The van der Waals surface area contributed by atoms with Crippen molar-refractivity contribution in [3.8, 4) is 0 Å². The van der Waals surface area contributed by atoms with Crippen molar-refractivity contribution in [1.82, 2.24) is 10.3 Å². The first kappa shape index (κ1) is 15.7. The van der Waals surface area contributed by atoms with E-state index in [4.69, 9.17) is 4.42 Å². The fourth-order valence-electron chi connectivity index (χ4n) is 2.99. The Kier molecular flexibility index (Phi) is 4.11. The van der Waals surface area contributed by atoms with Crippen LogP contribution in [0.15, 0.2) is 51.8 Å². The Balaban J connectivity index is 1.65. The lowest BCUT2D eigenvalue weighted by atomic mass is 10.2. The van der Waals surface area contributed by atoms with Crippen molar-refractivity contribution >= 4 is 28.2 Å². The first-order valence-electron chi connectivity index (χ1n) is 8.42. The monoisotopic (exact) mass is 336 g/mol. The van der Waals surface area contributed by atoms with Crippen LogP contribution in [0.1, 0.15) is 5.56 Å². The predicted octanol–water partition coefficient (Wildman–Crippen LogP) is 2.65. The van der Waals surface area contributed by atoms with Gasteiger partial charge in [-0.2, -0.15) is 0 Å². The van der Waals surface area contributed by atoms with Crippen molar-refractivity contribution in [3.05, 3.63) is 58.6 Å². The largest absolute Gasteiger partial charge is 0.421 e. The quantitative estimate of drug-likeness (QED) is 0.717. The van der Waals surface area contributed by atoms with Gasteiger partial charge in [0.1, 0.15) is 17.1 Å². The maximum atomic E-state index is 12.3. The number of nitrogens with zero attached hydrogens (tertiary/aromatic N) is 2. The van der Waals surface area contributed by atoms with Crippen molar-refractivity contribution in [2.45, 2.75) is 6.92 Å². The van der Waals surface area contributed by atoms with Crippen molar-refractivity contribution < 1.29 is 4.42 Å². The summed E-state index contributed by atoms with van der Waals surface area (Å²) in [5.41, 5.74) is 2.74. The highest BCUT2D eigenvalue weighted by Crippen LogP contribution is 2.24. The number of piperazine rings is 1. The number of hydrogen-bond acceptors (Lipinski definition) is 6. The number of benzene rings is 1. The molecule has 25 heavy (non-hydrogen) atoms. The molecule has 0 unspecified atom stereocenters. The fraction of sp³-hybridized carbons (Fsp3) is 0.263. The van der Waals surface area contributed by atoms with E-state index in [9.17, 15) is 4.79 Å². The number of anilines is 3. The van der Waals surface area contributed by atoms with Gasteiger partial charge < -0.3 is 20.0 Å². The van der Waals surface area contributed by atoms with Crippen molar-refractivity contribution in [3.63, 3.8) is 0 Å². The van der Waals surface area contributed by atoms with Crippen LogP contribution in [-0.2, 0) is 0 Å². The summed E-state index contributed by atoms with van der Waals surface area (Å²) in [5, 5.41) is 7.25. The molecule has 0 saturated carbocycles. The lowest BCUT2D eigenvalue weighted by molar-refractivity contribution is 0.562. The van der Waals surface area contributed by atoms with Gasteiger partial charge in [0, 0.05) is 49.5 Å². The zero-order valence-corrected chi connectivity index (χ0v) is 14.1. The van der Waals surface area contributed by atoms with Crippen LogP contribution in [0.5, 0.6) is 0 Å². The molecule has 0 bridgehead atoms. The van der Waals surface area contributed by atoms with Gasteiger partial charge >= 0.3 is 5.63 Å². The van der Waals surface area contributed by atoms with Crippen LogP contribution in [0.25, 0.3) is 11.0 Å². The van der Waals surface area contributed by atoms with E-state index in [0.717, 1.165) is 42.8 Å². The van der Waals surface area contributed by atoms with Gasteiger partial charge in [-0.15, -0.1) is 0 Å². The molecule has 0 amide bonds. The highest BCUT2D eigenvalue weighted by molar-refractivity contribution is 5.83. The maximum absolute atomic E-state index is 12.3. The molecule has 0 spiro atoms. The van der Waals surface area contributed by atoms with Gasteiger partial charge in [0.05, 0.1) is 0 Å². The zero-order chi connectivity index (χ0) is 17.2. The number of aromatic nitrogens is 1. The number of hydrogen-bond donors (Lipinski definition) is 2. The average molecular weight is 336 g/mol. The number of aryl methyl sites for hydroxylation is 1. The Morgan fingerprint density at radius 1 is 1.16 bits per heavy atom.